The molecule has 120 valence electrons. The molecule has 2 aromatic carbocycles. The maximum atomic E-state index is 12.7. The molecule has 0 atom stereocenters. The summed E-state index contributed by atoms with van der Waals surface area (Å²) >= 11 is 0. The number of aryl methyl sites for hydroxylation is 2. The Hall–Kier alpha value is -1.91. The van der Waals surface area contributed by atoms with E-state index in [9.17, 15) is 8.42 Å². The summed E-state index contributed by atoms with van der Waals surface area (Å²) in [5.41, 5.74) is 4.75. The second-order valence-corrected chi connectivity index (χ2v) is 7.91. The van der Waals surface area contributed by atoms with E-state index in [2.05, 4.69) is 19.1 Å². The molecule has 3 rings (SSSR count). The van der Waals surface area contributed by atoms with Crippen LogP contribution >= 0.6 is 0 Å². The smallest absolute Gasteiger partial charge is 0.207 e. The van der Waals surface area contributed by atoms with Crippen molar-refractivity contribution in [1.82, 2.24) is 4.31 Å². The quantitative estimate of drug-likeness (QED) is 0.860. The summed E-state index contributed by atoms with van der Waals surface area (Å²) in [6.45, 7) is 5.00. The van der Waals surface area contributed by atoms with Crippen molar-refractivity contribution in [2.45, 2.75) is 25.2 Å². The monoisotopic (exact) mass is 327 g/mol. The van der Waals surface area contributed by atoms with E-state index in [4.69, 9.17) is 0 Å². The Kier molecular flexibility index (Phi) is 4.37. The van der Waals surface area contributed by atoms with Gasteiger partial charge in [0.05, 0.1) is 4.90 Å². The van der Waals surface area contributed by atoms with Gasteiger partial charge in [0.15, 0.2) is 0 Å². The molecule has 0 fully saturated rings. The lowest BCUT2D eigenvalue weighted by atomic mass is 9.96. The maximum absolute atomic E-state index is 12.7. The SMILES string of the molecule is Cc1ccc(S(=O)(=O)N2CC=C(c3ccccc3C)CC2)cc1. The van der Waals surface area contributed by atoms with Gasteiger partial charge in [0.2, 0.25) is 10.0 Å². The van der Waals surface area contributed by atoms with Crippen LogP contribution in [-0.2, 0) is 10.0 Å². The molecule has 0 aliphatic carbocycles. The van der Waals surface area contributed by atoms with Gasteiger partial charge in [-0.1, -0.05) is 48.0 Å². The van der Waals surface area contributed by atoms with E-state index in [1.54, 1.807) is 16.4 Å². The van der Waals surface area contributed by atoms with Crippen LogP contribution in [0.2, 0.25) is 0 Å². The van der Waals surface area contributed by atoms with Gasteiger partial charge in [-0.15, -0.1) is 0 Å². The van der Waals surface area contributed by atoms with Gasteiger partial charge in [0.1, 0.15) is 0 Å². The zero-order chi connectivity index (χ0) is 16.4. The predicted molar refractivity (Wildman–Crippen MR) is 93.7 cm³/mol. The molecule has 1 heterocycles. The molecule has 23 heavy (non-hydrogen) atoms. The van der Waals surface area contributed by atoms with Crippen molar-refractivity contribution in [3.63, 3.8) is 0 Å². The van der Waals surface area contributed by atoms with E-state index in [1.165, 1.54) is 16.7 Å². The first-order valence-electron chi connectivity index (χ1n) is 7.80. The first-order valence-corrected chi connectivity index (χ1v) is 9.24. The molecular weight excluding hydrogens is 306 g/mol. The average Bonchev–Trinajstić information content (AvgIpc) is 2.56. The molecular formula is C19H21NO2S. The lowest BCUT2D eigenvalue weighted by Gasteiger charge is -2.26. The number of hydrogen-bond donors (Lipinski definition) is 0. The van der Waals surface area contributed by atoms with Crippen molar-refractivity contribution in [1.29, 1.82) is 0 Å². The third-order valence-electron chi connectivity index (χ3n) is 4.32. The molecule has 0 bridgehead atoms. The third kappa shape index (κ3) is 3.23. The molecule has 0 amide bonds. The Balaban J connectivity index is 1.83. The molecule has 0 aromatic heterocycles. The highest BCUT2D eigenvalue weighted by Gasteiger charge is 2.26. The molecule has 0 spiro atoms. The number of nitrogens with zero attached hydrogens (tertiary/aromatic N) is 1. The molecule has 1 aliphatic rings. The van der Waals surface area contributed by atoms with Crippen LogP contribution in [0.5, 0.6) is 0 Å². The molecule has 0 radical (unpaired) electrons. The van der Waals surface area contributed by atoms with Crippen LogP contribution in [0.4, 0.5) is 0 Å². The van der Waals surface area contributed by atoms with E-state index in [0.29, 0.717) is 18.0 Å². The summed E-state index contributed by atoms with van der Waals surface area (Å²) in [6, 6.07) is 15.3. The highest BCUT2D eigenvalue weighted by Crippen LogP contribution is 2.27. The van der Waals surface area contributed by atoms with Gasteiger partial charge >= 0.3 is 0 Å². The van der Waals surface area contributed by atoms with Crippen molar-refractivity contribution in [3.8, 4) is 0 Å². The summed E-state index contributed by atoms with van der Waals surface area (Å²) in [5.74, 6) is 0. The van der Waals surface area contributed by atoms with Crippen LogP contribution < -0.4 is 0 Å². The molecule has 2 aromatic rings. The van der Waals surface area contributed by atoms with E-state index in [1.807, 2.05) is 37.3 Å². The molecule has 0 saturated carbocycles. The number of rotatable bonds is 3. The van der Waals surface area contributed by atoms with E-state index in [0.717, 1.165) is 12.0 Å². The Labute approximate surface area is 138 Å². The van der Waals surface area contributed by atoms with Gasteiger partial charge in [-0.2, -0.15) is 4.31 Å². The zero-order valence-corrected chi connectivity index (χ0v) is 14.3. The van der Waals surface area contributed by atoms with Crippen molar-refractivity contribution < 1.29 is 8.42 Å². The first-order chi connectivity index (χ1) is 11.0. The van der Waals surface area contributed by atoms with Crippen LogP contribution in [-0.4, -0.2) is 25.8 Å². The fourth-order valence-electron chi connectivity index (χ4n) is 2.91. The van der Waals surface area contributed by atoms with E-state index < -0.39 is 10.0 Å². The van der Waals surface area contributed by atoms with E-state index in [-0.39, 0.29) is 0 Å². The molecule has 0 unspecified atom stereocenters. The zero-order valence-electron chi connectivity index (χ0n) is 13.5. The van der Waals surface area contributed by atoms with Gasteiger partial charge in [-0.05, 0) is 49.1 Å². The second kappa shape index (κ2) is 6.30. The van der Waals surface area contributed by atoms with Crippen LogP contribution in [0.1, 0.15) is 23.1 Å². The van der Waals surface area contributed by atoms with Gasteiger partial charge in [0, 0.05) is 13.1 Å². The van der Waals surface area contributed by atoms with Crippen molar-refractivity contribution >= 4 is 15.6 Å². The lowest BCUT2D eigenvalue weighted by Crippen LogP contribution is -2.34. The summed E-state index contributed by atoms with van der Waals surface area (Å²) < 4.78 is 27.0. The Morgan fingerprint density at radius 1 is 0.957 bits per heavy atom. The molecule has 0 N–H and O–H groups in total. The van der Waals surface area contributed by atoms with Crippen molar-refractivity contribution in [3.05, 3.63) is 71.3 Å². The topological polar surface area (TPSA) is 37.4 Å². The third-order valence-corrected chi connectivity index (χ3v) is 6.20. The standard InChI is InChI=1S/C19H21NO2S/c1-15-7-9-18(10-8-15)23(21,22)20-13-11-17(12-14-20)19-6-4-3-5-16(19)2/h3-11H,12-14H2,1-2H3. The summed E-state index contributed by atoms with van der Waals surface area (Å²) in [6.07, 6.45) is 2.79. The van der Waals surface area contributed by atoms with Crippen molar-refractivity contribution in [2.24, 2.45) is 0 Å². The Bertz CT molecular complexity index is 836. The fraction of sp³-hybridized carbons (Fsp3) is 0.263. The predicted octanol–water partition coefficient (Wildman–Crippen LogP) is 3.78. The molecule has 4 heteroatoms. The van der Waals surface area contributed by atoms with Gasteiger partial charge in [-0.25, -0.2) is 8.42 Å². The second-order valence-electron chi connectivity index (χ2n) is 5.97. The first kappa shape index (κ1) is 16.0. The van der Waals surface area contributed by atoms with Crippen LogP contribution in [0, 0.1) is 13.8 Å². The highest BCUT2D eigenvalue weighted by molar-refractivity contribution is 7.89. The molecule has 1 aliphatic heterocycles. The van der Waals surface area contributed by atoms with Crippen molar-refractivity contribution in [2.75, 3.05) is 13.1 Å². The normalized spacial score (nSPS) is 16.2. The van der Waals surface area contributed by atoms with Gasteiger partial charge < -0.3 is 0 Å². The minimum Gasteiger partial charge on any atom is -0.207 e. The largest absolute Gasteiger partial charge is 0.243 e. The Morgan fingerprint density at radius 2 is 1.65 bits per heavy atom. The molecule has 3 nitrogen and oxygen atoms in total. The number of hydrogen-bond acceptors (Lipinski definition) is 2. The van der Waals surface area contributed by atoms with Crippen LogP contribution in [0.3, 0.4) is 0 Å². The average molecular weight is 327 g/mol. The van der Waals surface area contributed by atoms with Crippen LogP contribution in [0.15, 0.2) is 59.5 Å². The molecule has 0 saturated heterocycles. The van der Waals surface area contributed by atoms with Gasteiger partial charge in [-0.3, -0.25) is 0 Å². The number of sulfonamides is 1. The van der Waals surface area contributed by atoms with E-state index >= 15 is 0 Å². The minimum absolute atomic E-state index is 0.371. The Morgan fingerprint density at radius 3 is 2.26 bits per heavy atom. The number of benzene rings is 2. The van der Waals surface area contributed by atoms with Crippen LogP contribution in [0.25, 0.3) is 5.57 Å². The van der Waals surface area contributed by atoms with Gasteiger partial charge in [0.25, 0.3) is 0 Å². The summed E-state index contributed by atoms with van der Waals surface area (Å²) in [4.78, 5) is 0.371. The summed E-state index contributed by atoms with van der Waals surface area (Å²) in [7, 11) is -3.41. The highest BCUT2D eigenvalue weighted by atomic mass is 32.2. The minimum atomic E-state index is -3.41. The summed E-state index contributed by atoms with van der Waals surface area (Å²) in [5, 5.41) is 0. The lowest BCUT2D eigenvalue weighted by molar-refractivity contribution is 0.441. The maximum Gasteiger partial charge on any atom is 0.243 e. The fourth-order valence-corrected chi connectivity index (χ4v) is 4.29.